The number of benzene rings is 1. The van der Waals surface area contributed by atoms with Gasteiger partial charge in [0, 0.05) is 13.1 Å². The van der Waals surface area contributed by atoms with Crippen molar-refractivity contribution < 1.29 is 0 Å². The molecule has 0 radical (unpaired) electrons. The normalized spacial score (nSPS) is 12.4. The Hall–Kier alpha value is -2.04. The average Bonchev–Trinajstić information content (AvgIpc) is 2.62. The van der Waals surface area contributed by atoms with E-state index in [4.69, 9.17) is 5.73 Å². The highest BCUT2D eigenvalue weighted by Gasteiger charge is 2.07. The van der Waals surface area contributed by atoms with E-state index in [1.54, 1.807) is 0 Å². The molecule has 0 spiro atoms. The minimum absolute atomic E-state index is 0.284. The SMILES string of the molecule is Cc1ccc2c(c1)nc(CN=C(N)NC(C)C)n2C. The summed E-state index contributed by atoms with van der Waals surface area (Å²) in [6.07, 6.45) is 0. The fourth-order valence-corrected chi connectivity index (χ4v) is 2.00. The van der Waals surface area contributed by atoms with Crippen LogP contribution >= 0.6 is 0 Å². The fourth-order valence-electron chi connectivity index (χ4n) is 2.00. The number of nitrogens with zero attached hydrogens (tertiary/aromatic N) is 3. The van der Waals surface area contributed by atoms with Gasteiger partial charge in [-0.2, -0.15) is 0 Å². The Labute approximate surface area is 113 Å². The molecule has 102 valence electrons. The van der Waals surface area contributed by atoms with Crippen LogP contribution in [0.15, 0.2) is 23.2 Å². The molecular formula is C14H21N5. The lowest BCUT2D eigenvalue weighted by Crippen LogP contribution is -2.36. The van der Waals surface area contributed by atoms with Gasteiger partial charge in [-0.1, -0.05) is 6.07 Å². The molecular weight excluding hydrogens is 238 g/mol. The lowest BCUT2D eigenvalue weighted by molar-refractivity contribution is 0.719. The van der Waals surface area contributed by atoms with Gasteiger partial charge in [-0.05, 0) is 38.5 Å². The number of aromatic nitrogens is 2. The number of aryl methyl sites for hydroxylation is 2. The molecule has 2 aromatic rings. The third-order valence-corrected chi connectivity index (χ3v) is 2.96. The molecule has 0 saturated heterocycles. The Morgan fingerprint density at radius 1 is 1.47 bits per heavy atom. The molecule has 1 aromatic carbocycles. The van der Waals surface area contributed by atoms with E-state index < -0.39 is 0 Å². The largest absolute Gasteiger partial charge is 0.370 e. The molecule has 1 heterocycles. The summed E-state index contributed by atoms with van der Waals surface area (Å²) in [5.41, 5.74) is 9.12. The Balaban J connectivity index is 2.24. The zero-order chi connectivity index (χ0) is 14.0. The summed E-state index contributed by atoms with van der Waals surface area (Å²) < 4.78 is 2.06. The van der Waals surface area contributed by atoms with Crippen LogP contribution in [0.4, 0.5) is 0 Å². The number of nitrogens with two attached hydrogens (primary N) is 1. The van der Waals surface area contributed by atoms with Crippen LogP contribution in [0, 0.1) is 6.92 Å². The van der Waals surface area contributed by atoms with E-state index in [1.165, 1.54) is 5.56 Å². The van der Waals surface area contributed by atoms with Gasteiger partial charge in [-0.3, -0.25) is 0 Å². The van der Waals surface area contributed by atoms with Gasteiger partial charge in [0.2, 0.25) is 0 Å². The minimum Gasteiger partial charge on any atom is -0.370 e. The predicted molar refractivity (Wildman–Crippen MR) is 79.0 cm³/mol. The van der Waals surface area contributed by atoms with E-state index >= 15 is 0 Å². The van der Waals surface area contributed by atoms with Gasteiger partial charge >= 0.3 is 0 Å². The van der Waals surface area contributed by atoms with E-state index in [9.17, 15) is 0 Å². The van der Waals surface area contributed by atoms with Crippen molar-refractivity contribution in [2.45, 2.75) is 33.4 Å². The molecule has 0 saturated carbocycles. The molecule has 0 amide bonds. The highest BCUT2D eigenvalue weighted by molar-refractivity contribution is 5.78. The first kappa shape index (κ1) is 13.4. The van der Waals surface area contributed by atoms with Crippen molar-refractivity contribution in [3.63, 3.8) is 0 Å². The first-order valence-corrected chi connectivity index (χ1v) is 6.46. The average molecular weight is 259 g/mol. The molecule has 2 rings (SSSR count). The summed E-state index contributed by atoms with van der Waals surface area (Å²) in [6, 6.07) is 6.54. The molecule has 0 bridgehead atoms. The highest BCUT2D eigenvalue weighted by Crippen LogP contribution is 2.16. The Kier molecular flexibility index (Phi) is 3.74. The highest BCUT2D eigenvalue weighted by atomic mass is 15.1. The molecule has 0 aliphatic heterocycles. The number of guanidine groups is 1. The van der Waals surface area contributed by atoms with Crippen LogP contribution in [0.1, 0.15) is 25.2 Å². The fraction of sp³-hybridized carbons (Fsp3) is 0.429. The summed E-state index contributed by atoms with van der Waals surface area (Å²) in [4.78, 5) is 8.91. The summed E-state index contributed by atoms with van der Waals surface area (Å²) in [6.45, 7) is 6.60. The smallest absolute Gasteiger partial charge is 0.189 e. The van der Waals surface area contributed by atoms with E-state index in [2.05, 4.69) is 45.0 Å². The lowest BCUT2D eigenvalue weighted by Gasteiger charge is -2.08. The number of hydrogen-bond acceptors (Lipinski definition) is 2. The van der Waals surface area contributed by atoms with E-state index in [1.807, 2.05) is 20.9 Å². The zero-order valence-electron chi connectivity index (χ0n) is 11.9. The number of aliphatic imine (C=N–C) groups is 1. The van der Waals surface area contributed by atoms with Crippen molar-refractivity contribution >= 4 is 17.0 Å². The standard InChI is InChI=1S/C14H21N5/c1-9(2)17-14(15)16-8-13-18-11-7-10(3)5-6-12(11)19(13)4/h5-7,9H,8H2,1-4H3,(H3,15,16,17). The number of nitrogens with one attached hydrogen (secondary N) is 1. The van der Waals surface area contributed by atoms with Gasteiger partial charge in [0.05, 0.1) is 11.0 Å². The summed E-state index contributed by atoms with van der Waals surface area (Å²) in [5.74, 6) is 1.37. The number of hydrogen-bond donors (Lipinski definition) is 2. The predicted octanol–water partition coefficient (Wildman–Crippen LogP) is 1.69. The summed E-state index contributed by atoms with van der Waals surface area (Å²) in [5, 5.41) is 3.07. The van der Waals surface area contributed by atoms with Crippen LogP contribution in [0.2, 0.25) is 0 Å². The number of fused-ring (bicyclic) bond motifs is 1. The van der Waals surface area contributed by atoms with Crippen LogP contribution < -0.4 is 11.1 Å². The van der Waals surface area contributed by atoms with Gasteiger partial charge in [-0.25, -0.2) is 9.98 Å². The van der Waals surface area contributed by atoms with Crippen LogP contribution in [0.3, 0.4) is 0 Å². The van der Waals surface area contributed by atoms with Gasteiger partial charge in [0.25, 0.3) is 0 Å². The summed E-state index contributed by atoms with van der Waals surface area (Å²) in [7, 11) is 2.00. The van der Waals surface area contributed by atoms with Gasteiger partial charge in [0.1, 0.15) is 12.4 Å². The second kappa shape index (κ2) is 5.30. The van der Waals surface area contributed by atoms with Crippen LogP contribution in [-0.2, 0) is 13.6 Å². The topological polar surface area (TPSA) is 68.2 Å². The quantitative estimate of drug-likeness (QED) is 0.651. The third-order valence-electron chi connectivity index (χ3n) is 2.96. The Bertz CT molecular complexity index is 610. The second-order valence-electron chi connectivity index (χ2n) is 5.08. The molecule has 0 atom stereocenters. The van der Waals surface area contributed by atoms with Gasteiger partial charge in [0.15, 0.2) is 5.96 Å². The maximum absolute atomic E-state index is 5.79. The number of rotatable bonds is 3. The van der Waals surface area contributed by atoms with Gasteiger partial charge < -0.3 is 15.6 Å². The van der Waals surface area contributed by atoms with Crippen molar-refractivity contribution in [1.82, 2.24) is 14.9 Å². The molecule has 5 nitrogen and oxygen atoms in total. The van der Waals surface area contributed by atoms with Crippen LogP contribution in [0.25, 0.3) is 11.0 Å². The van der Waals surface area contributed by atoms with E-state index in [-0.39, 0.29) is 6.04 Å². The van der Waals surface area contributed by atoms with E-state index in [0.29, 0.717) is 12.5 Å². The third kappa shape index (κ3) is 3.05. The molecule has 0 fully saturated rings. The molecule has 0 aliphatic rings. The minimum atomic E-state index is 0.284. The molecule has 0 unspecified atom stereocenters. The molecule has 1 aromatic heterocycles. The monoisotopic (exact) mass is 259 g/mol. The molecule has 0 aliphatic carbocycles. The van der Waals surface area contributed by atoms with Crippen molar-refractivity contribution in [3.05, 3.63) is 29.6 Å². The van der Waals surface area contributed by atoms with Crippen LogP contribution in [0.5, 0.6) is 0 Å². The first-order chi connectivity index (χ1) is 8.97. The Morgan fingerprint density at radius 2 is 2.21 bits per heavy atom. The van der Waals surface area contributed by atoms with Gasteiger partial charge in [-0.15, -0.1) is 0 Å². The van der Waals surface area contributed by atoms with Crippen molar-refractivity contribution in [2.24, 2.45) is 17.8 Å². The molecule has 3 N–H and O–H groups in total. The second-order valence-corrected chi connectivity index (χ2v) is 5.08. The van der Waals surface area contributed by atoms with Crippen molar-refractivity contribution in [1.29, 1.82) is 0 Å². The Morgan fingerprint density at radius 3 is 2.89 bits per heavy atom. The zero-order valence-corrected chi connectivity index (χ0v) is 11.9. The first-order valence-electron chi connectivity index (χ1n) is 6.46. The summed E-state index contributed by atoms with van der Waals surface area (Å²) >= 11 is 0. The van der Waals surface area contributed by atoms with Crippen LogP contribution in [-0.4, -0.2) is 21.6 Å². The van der Waals surface area contributed by atoms with Crippen molar-refractivity contribution in [3.8, 4) is 0 Å². The maximum Gasteiger partial charge on any atom is 0.189 e. The van der Waals surface area contributed by atoms with E-state index in [0.717, 1.165) is 16.9 Å². The number of imidazole rings is 1. The van der Waals surface area contributed by atoms with Crippen molar-refractivity contribution in [2.75, 3.05) is 0 Å². The molecule has 5 heteroatoms. The maximum atomic E-state index is 5.79. The lowest BCUT2D eigenvalue weighted by atomic mass is 10.2. The molecule has 19 heavy (non-hydrogen) atoms.